The van der Waals surface area contributed by atoms with E-state index in [0.717, 1.165) is 6.07 Å². The molecule has 0 spiro atoms. The Bertz CT molecular complexity index is 734. The molecule has 8 heteroatoms. The van der Waals surface area contributed by atoms with Gasteiger partial charge in [-0.1, -0.05) is 29.3 Å². The van der Waals surface area contributed by atoms with Crippen LogP contribution in [-0.4, -0.2) is 16.0 Å². The maximum atomic E-state index is 11.2. The first kappa shape index (κ1) is 15.1. The van der Waals surface area contributed by atoms with Crippen LogP contribution in [0.2, 0.25) is 10.0 Å². The van der Waals surface area contributed by atoms with E-state index in [0.29, 0.717) is 10.7 Å². The van der Waals surface area contributed by atoms with Crippen molar-refractivity contribution in [1.29, 1.82) is 0 Å². The summed E-state index contributed by atoms with van der Waals surface area (Å²) in [5.74, 6) is -1.29. The van der Waals surface area contributed by atoms with E-state index in [-0.39, 0.29) is 22.0 Å². The fourth-order valence-electron chi connectivity index (χ4n) is 1.68. The Labute approximate surface area is 129 Å². The van der Waals surface area contributed by atoms with Gasteiger partial charge in [-0.25, -0.2) is 4.79 Å². The molecule has 0 saturated heterocycles. The van der Waals surface area contributed by atoms with Gasteiger partial charge in [-0.15, -0.1) is 0 Å². The molecule has 2 aromatic carbocycles. The van der Waals surface area contributed by atoms with Gasteiger partial charge < -0.3 is 10.4 Å². The second kappa shape index (κ2) is 5.99. The number of aromatic carboxylic acids is 1. The number of anilines is 2. The summed E-state index contributed by atoms with van der Waals surface area (Å²) in [4.78, 5) is 21.3. The molecule has 0 saturated carbocycles. The molecule has 0 aliphatic rings. The van der Waals surface area contributed by atoms with E-state index in [9.17, 15) is 14.9 Å². The highest BCUT2D eigenvalue weighted by Gasteiger charge is 2.17. The highest BCUT2D eigenvalue weighted by molar-refractivity contribution is 6.43. The van der Waals surface area contributed by atoms with Gasteiger partial charge in [0.1, 0.15) is 0 Å². The van der Waals surface area contributed by atoms with Crippen LogP contribution in [0.5, 0.6) is 0 Å². The van der Waals surface area contributed by atoms with Crippen molar-refractivity contribution in [2.75, 3.05) is 5.32 Å². The van der Waals surface area contributed by atoms with Gasteiger partial charge in [-0.3, -0.25) is 10.1 Å². The Morgan fingerprint density at radius 2 is 1.90 bits per heavy atom. The Morgan fingerprint density at radius 3 is 2.52 bits per heavy atom. The van der Waals surface area contributed by atoms with Gasteiger partial charge >= 0.3 is 5.97 Å². The van der Waals surface area contributed by atoms with Crippen molar-refractivity contribution < 1.29 is 14.8 Å². The maximum absolute atomic E-state index is 11.2. The second-order valence-corrected chi connectivity index (χ2v) is 4.80. The SMILES string of the molecule is O=C(O)c1cc([N+](=O)[O-])ccc1Nc1cccc(Cl)c1Cl. The number of nitro groups is 1. The quantitative estimate of drug-likeness (QED) is 0.643. The molecule has 0 heterocycles. The molecule has 0 aromatic heterocycles. The molecule has 0 unspecified atom stereocenters. The highest BCUT2D eigenvalue weighted by atomic mass is 35.5. The van der Waals surface area contributed by atoms with Crippen LogP contribution < -0.4 is 5.32 Å². The second-order valence-electron chi connectivity index (χ2n) is 4.02. The van der Waals surface area contributed by atoms with Gasteiger partial charge in [-0.05, 0) is 18.2 Å². The molecule has 0 aliphatic heterocycles. The van der Waals surface area contributed by atoms with Crippen LogP contribution in [0.15, 0.2) is 36.4 Å². The maximum Gasteiger partial charge on any atom is 0.338 e. The minimum atomic E-state index is -1.29. The largest absolute Gasteiger partial charge is 0.478 e. The number of nitrogens with one attached hydrogen (secondary N) is 1. The Hall–Kier alpha value is -2.31. The lowest BCUT2D eigenvalue weighted by Gasteiger charge is -2.11. The van der Waals surface area contributed by atoms with Crippen molar-refractivity contribution in [3.05, 3.63) is 62.1 Å². The Kier molecular flexibility index (Phi) is 4.30. The predicted molar refractivity (Wildman–Crippen MR) is 79.8 cm³/mol. The van der Waals surface area contributed by atoms with Crippen molar-refractivity contribution in [3.8, 4) is 0 Å². The topological polar surface area (TPSA) is 92.5 Å². The van der Waals surface area contributed by atoms with E-state index >= 15 is 0 Å². The van der Waals surface area contributed by atoms with Crippen LogP contribution in [0.1, 0.15) is 10.4 Å². The van der Waals surface area contributed by atoms with Crippen LogP contribution in [0.4, 0.5) is 17.1 Å². The summed E-state index contributed by atoms with van der Waals surface area (Å²) in [7, 11) is 0. The molecule has 0 bridgehead atoms. The monoisotopic (exact) mass is 326 g/mol. The van der Waals surface area contributed by atoms with Crippen molar-refractivity contribution in [3.63, 3.8) is 0 Å². The van der Waals surface area contributed by atoms with Crippen molar-refractivity contribution in [2.45, 2.75) is 0 Å². The van der Waals surface area contributed by atoms with Crippen LogP contribution in [0.25, 0.3) is 0 Å². The van der Waals surface area contributed by atoms with Gasteiger partial charge in [0.05, 0.1) is 31.9 Å². The number of non-ortho nitro benzene ring substituents is 1. The van der Waals surface area contributed by atoms with E-state index in [1.165, 1.54) is 12.1 Å². The number of rotatable bonds is 4. The number of benzene rings is 2. The Morgan fingerprint density at radius 1 is 1.19 bits per heavy atom. The molecular formula is C13H8Cl2N2O4. The van der Waals surface area contributed by atoms with Gasteiger partial charge in [0.25, 0.3) is 5.69 Å². The van der Waals surface area contributed by atoms with E-state index in [1.54, 1.807) is 18.2 Å². The number of hydrogen-bond donors (Lipinski definition) is 2. The van der Waals surface area contributed by atoms with E-state index < -0.39 is 10.9 Å². The van der Waals surface area contributed by atoms with Gasteiger partial charge in [-0.2, -0.15) is 0 Å². The third-order valence-electron chi connectivity index (χ3n) is 2.67. The zero-order valence-corrected chi connectivity index (χ0v) is 11.9. The number of halogens is 2. The lowest BCUT2D eigenvalue weighted by molar-refractivity contribution is -0.384. The molecule has 108 valence electrons. The number of nitro benzene ring substituents is 1. The summed E-state index contributed by atoms with van der Waals surface area (Å²) in [5.41, 5.74) is 0.0353. The molecule has 6 nitrogen and oxygen atoms in total. The highest BCUT2D eigenvalue weighted by Crippen LogP contribution is 2.33. The zero-order chi connectivity index (χ0) is 15.6. The standard InChI is InChI=1S/C13H8Cl2N2O4/c14-9-2-1-3-11(12(9)15)16-10-5-4-7(17(20)21)6-8(10)13(18)19/h1-6,16H,(H,18,19). The van der Waals surface area contributed by atoms with Crippen molar-refractivity contribution in [2.24, 2.45) is 0 Å². The zero-order valence-electron chi connectivity index (χ0n) is 10.3. The molecule has 0 radical (unpaired) electrons. The number of carboxylic acid groups (broad SMARTS) is 1. The molecule has 0 fully saturated rings. The predicted octanol–water partition coefficient (Wildman–Crippen LogP) is 4.34. The molecule has 2 rings (SSSR count). The summed E-state index contributed by atoms with van der Waals surface area (Å²) in [6, 6.07) is 8.32. The summed E-state index contributed by atoms with van der Waals surface area (Å²) in [5, 5.41) is 23.2. The molecule has 2 N–H and O–H groups in total. The molecule has 0 atom stereocenters. The average molecular weight is 327 g/mol. The first-order chi connectivity index (χ1) is 9.90. The van der Waals surface area contributed by atoms with Gasteiger partial charge in [0.15, 0.2) is 0 Å². The summed E-state index contributed by atoms with van der Waals surface area (Å²) in [6.45, 7) is 0. The summed E-state index contributed by atoms with van der Waals surface area (Å²) < 4.78 is 0. The van der Waals surface area contributed by atoms with Gasteiger partial charge in [0.2, 0.25) is 0 Å². The van der Waals surface area contributed by atoms with Crippen LogP contribution >= 0.6 is 23.2 Å². The lowest BCUT2D eigenvalue weighted by atomic mass is 10.1. The fourth-order valence-corrected chi connectivity index (χ4v) is 2.02. The smallest absolute Gasteiger partial charge is 0.338 e. The minimum absolute atomic E-state index is 0.178. The van der Waals surface area contributed by atoms with E-state index in [2.05, 4.69) is 5.32 Å². The molecule has 2 aromatic rings. The first-order valence-corrected chi connectivity index (χ1v) is 6.38. The Balaban J connectivity index is 2.46. The van der Waals surface area contributed by atoms with Crippen molar-refractivity contribution in [1.82, 2.24) is 0 Å². The minimum Gasteiger partial charge on any atom is -0.478 e. The van der Waals surface area contributed by atoms with Crippen LogP contribution in [-0.2, 0) is 0 Å². The molecular weight excluding hydrogens is 319 g/mol. The number of nitrogens with zero attached hydrogens (tertiary/aromatic N) is 1. The van der Waals surface area contributed by atoms with Crippen LogP contribution in [0.3, 0.4) is 0 Å². The average Bonchev–Trinajstić information content (AvgIpc) is 2.43. The third kappa shape index (κ3) is 3.24. The number of carbonyl (C=O) groups is 1. The summed E-state index contributed by atoms with van der Waals surface area (Å²) in [6.07, 6.45) is 0. The first-order valence-electron chi connectivity index (χ1n) is 5.63. The lowest BCUT2D eigenvalue weighted by Crippen LogP contribution is -2.04. The third-order valence-corrected chi connectivity index (χ3v) is 3.48. The normalized spacial score (nSPS) is 10.2. The van der Waals surface area contributed by atoms with Crippen molar-refractivity contribution >= 4 is 46.2 Å². The van der Waals surface area contributed by atoms with E-state index in [4.69, 9.17) is 28.3 Å². The number of carboxylic acids is 1. The van der Waals surface area contributed by atoms with Gasteiger partial charge in [0, 0.05) is 12.1 Å². The van der Waals surface area contributed by atoms with Crippen LogP contribution in [0, 0.1) is 10.1 Å². The van der Waals surface area contributed by atoms with E-state index in [1.807, 2.05) is 0 Å². The fraction of sp³-hybridized carbons (Fsp3) is 0. The summed E-state index contributed by atoms with van der Waals surface area (Å²) >= 11 is 11.9. The molecule has 0 aliphatic carbocycles. The number of hydrogen-bond acceptors (Lipinski definition) is 4. The molecule has 21 heavy (non-hydrogen) atoms. The molecule has 0 amide bonds.